The van der Waals surface area contributed by atoms with E-state index in [1.807, 2.05) is 13.1 Å². The van der Waals surface area contributed by atoms with Crippen molar-refractivity contribution in [2.45, 2.75) is 12.5 Å². The minimum Gasteiger partial charge on any atom is -0.313 e. The number of hydrogen-bond acceptors (Lipinski definition) is 1. The van der Waals surface area contributed by atoms with Gasteiger partial charge in [0, 0.05) is 20.6 Å². The average molecular weight is 377 g/mol. The Morgan fingerprint density at radius 1 is 1.20 bits per heavy atom. The predicted molar refractivity (Wildman–Crippen MR) is 86.1 cm³/mol. The van der Waals surface area contributed by atoms with E-state index < -0.39 is 0 Å². The predicted octanol–water partition coefficient (Wildman–Crippen LogP) is 5.40. The van der Waals surface area contributed by atoms with Gasteiger partial charge in [-0.2, -0.15) is 0 Å². The van der Waals surface area contributed by atoms with Crippen LogP contribution in [0.1, 0.15) is 17.2 Å². The van der Waals surface area contributed by atoms with E-state index in [1.54, 1.807) is 18.2 Å². The molecule has 2 aromatic rings. The van der Waals surface area contributed by atoms with Crippen molar-refractivity contribution in [3.05, 3.63) is 67.9 Å². The lowest BCUT2D eigenvalue weighted by Gasteiger charge is -2.19. The summed E-state index contributed by atoms with van der Waals surface area (Å²) in [6.07, 6.45) is 0.606. The minimum absolute atomic E-state index is 0.0423. The molecule has 1 nitrogen and oxygen atoms in total. The molecular weight excluding hydrogens is 364 g/mol. The average Bonchev–Trinajstić information content (AvgIpc) is 2.42. The first-order valence-electron chi connectivity index (χ1n) is 6.07. The first kappa shape index (κ1) is 15.8. The van der Waals surface area contributed by atoms with Crippen LogP contribution in [-0.4, -0.2) is 7.05 Å². The largest absolute Gasteiger partial charge is 0.313 e. The molecule has 0 aromatic heterocycles. The van der Waals surface area contributed by atoms with Crippen molar-refractivity contribution in [2.24, 2.45) is 0 Å². The molecule has 0 aliphatic heterocycles. The van der Waals surface area contributed by atoms with E-state index in [0.29, 0.717) is 16.5 Å². The highest BCUT2D eigenvalue weighted by Gasteiger charge is 2.16. The molecule has 106 valence electrons. The van der Waals surface area contributed by atoms with E-state index in [1.165, 1.54) is 12.1 Å². The summed E-state index contributed by atoms with van der Waals surface area (Å²) in [6.45, 7) is 0. The van der Waals surface area contributed by atoms with Crippen molar-refractivity contribution in [1.82, 2.24) is 5.32 Å². The van der Waals surface area contributed by atoms with Crippen LogP contribution in [-0.2, 0) is 6.42 Å². The molecule has 1 atom stereocenters. The highest BCUT2D eigenvalue weighted by Crippen LogP contribution is 2.30. The lowest BCUT2D eigenvalue weighted by Crippen LogP contribution is -2.19. The Kier molecular flexibility index (Phi) is 5.44. The second-order valence-electron chi connectivity index (χ2n) is 4.45. The maximum Gasteiger partial charge on any atom is 0.123 e. The summed E-state index contributed by atoms with van der Waals surface area (Å²) >= 11 is 15.7. The van der Waals surface area contributed by atoms with Gasteiger partial charge in [-0.25, -0.2) is 4.39 Å². The van der Waals surface area contributed by atoms with Crippen LogP contribution in [0.2, 0.25) is 10.0 Å². The van der Waals surface area contributed by atoms with Crippen molar-refractivity contribution in [3.8, 4) is 0 Å². The van der Waals surface area contributed by atoms with Gasteiger partial charge >= 0.3 is 0 Å². The molecule has 20 heavy (non-hydrogen) atoms. The molecule has 2 rings (SSSR count). The maximum absolute atomic E-state index is 13.4. The summed E-state index contributed by atoms with van der Waals surface area (Å²) < 4.78 is 14.2. The Balaban J connectivity index is 2.33. The summed E-state index contributed by atoms with van der Waals surface area (Å²) in [5, 5.41) is 4.46. The van der Waals surface area contributed by atoms with E-state index in [0.717, 1.165) is 15.6 Å². The highest BCUT2D eigenvalue weighted by molar-refractivity contribution is 9.10. The van der Waals surface area contributed by atoms with Gasteiger partial charge in [0.2, 0.25) is 0 Å². The Morgan fingerprint density at radius 2 is 1.95 bits per heavy atom. The number of nitrogens with one attached hydrogen (secondary N) is 1. The smallest absolute Gasteiger partial charge is 0.123 e. The minimum atomic E-state index is -0.254. The van der Waals surface area contributed by atoms with E-state index in [2.05, 4.69) is 21.2 Å². The molecule has 0 spiro atoms. The zero-order valence-electron chi connectivity index (χ0n) is 10.8. The summed E-state index contributed by atoms with van der Waals surface area (Å²) in [5.41, 5.74) is 1.78. The molecule has 0 aliphatic rings. The number of likely N-dealkylation sites (N-methyl/N-ethyl adjacent to an activating group) is 1. The van der Waals surface area contributed by atoms with E-state index in [4.69, 9.17) is 23.2 Å². The third kappa shape index (κ3) is 3.73. The zero-order valence-corrected chi connectivity index (χ0v) is 13.9. The first-order chi connectivity index (χ1) is 9.51. The summed E-state index contributed by atoms with van der Waals surface area (Å²) in [6, 6.07) is 9.96. The lowest BCUT2D eigenvalue weighted by atomic mass is 9.99. The number of rotatable bonds is 4. The topological polar surface area (TPSA) is 12.0 Å². The van der Waals surface area contributed by atoms with Crippen LogP contribution in [0, 0.1) is 5.82 Å². The molecule has 5 heteroatoms. The van der Waals surface area contributed by atoms with Crippen molar-refractivity contribution in [1.29, 1.82) is 0 Å². The highest BCUT2D eigenvalue weighted by atomic mass is 79.9. The monoisotopic (exact) mass is 375 g/mol. The van der Waals surface area contributed by atoms with Crippen LogP contribution in [0.5, 0.6) is 0 Å². The molecule has 0 saturated carbocycles. The Labute approximate surface area is 136 Å². The van der Waals surface area contributed by atoms with E-state index >= 15 is 0 Å². The second-order valence-corrected chi connectivity index (χ2v) is 6.14. The summed E-state index contributed by atoms with van der Waals surface area (Å²) in [4.78, 5) is 0. The molecule has 1 N–H and O–H groups in total. The molecule has 0 amide bonds. The van der Waals surface area contributed by atoms with Crippen LogP contribution in [0.15, 0.2) is 40.9 Å². The fourth-order valence-electron chi connectivity index (χ4n) is 2.07. The normalized spacial score (nSPS) is 12.4. The van der Waals surface area contributed by atoms with Gasteiger partial charge in [0.05, 0.1) is 0 Å². The third-order valence-electron chi connectivity index (χ3n) is 3.11. The van der Waals surface area contributed by atoms with Gasteiger partial charge in [0.25, 0.3) is 0 Å². The standard InChI is InChI=1S/C15H13BrCl2FN/c1-20-15(12-8-10(17)2-5-14(12)18)7-9-6-11(19)3-4-13(9)16/h2-6,8,15,20H,7H2,1H3. The molecule has 0 fully saturated rings. The van der Waals surface area contributed by atoms with Crippen LogP contribution in [0.3, 0.4) is 0 Å². The lowest BCUT2D eigenvalue weighted by molar-refractivity contribution is 0.583. The van der Waals surface area contributed by atoms with Gasteiger partial charge in [-0.05, 0) is 61.0 Å². The zero-order chi connectivity index (χ0) is 14.7. The van der Waals surface area contributed by atoms with Gasteiger partial charge in [-0.3, -0.25) is 0 Å². The van der Waals surface area contributed by atoms with Crippen LogP contribution < -0.4 is 5.32 Å². The molecule has 0 heterocycles. The molecule has 2 aromatic carbocycles. The quantitative estimate of drug-likeness (QED) is 0.753. The van der Waals surface area contributed by atoms with Gasteiger partial charge in [-0.15, -0.1) is 0 Å². The SMILES string of the molecule is CNC(Cc1cc(F)ccc1Br)c1cc(Cl)ccc1Cl. The number of hydrogen-bond donors (Lipinski definition) is 1. The molecular formula is C15H13BrCl2FN. The van der Waals surface area contributed by atoms with Gasteiger partial charge in [0.15, 0.2) is 0 Å². The molecule has 0 bridgehead atoms. The number of halogens is 4. The molecule has 0 saturated heterocycles. The van der Waals surface area contributed by atoms with Crippen LogP contribution >= 0.6 is 39.1 Å². The number of benzene rings is 2. The van der Waals surface area contributed by atoms with Crippen LogP contribution in [0.25, 0.3) is 0 Å². The van der Waals surface area contributed by atoms with Crippen molar-refractivity contribution in [2.75, 3.05) is 7.05 Å². The van der Waals surface area contributed by atoms with Crippen molar-refractivity contribution in [3.63, 3.8) is 0 Å². The van der Waals surface area contributed by atoms with Crippen molar-refractivity contribution < 1.29 is 4.39 Å². The van der Waals surface area contributed by atoms with E-state index in [9.17, 15) is 4.39 Å². The van der Waals surface area contributed by atoms with Crippen molar-refractivity contribution >= 4 is 39.1 Å². The fourth-order valence-corrected chi connectivity index (χ4v) is 2.91. The second kappa shape index (κ2) is 6.90. The maximum atomic E-state index is 13.4. The molecule has 0 radical (unpaired) electrons. The van der Waals surface area contributed by atoms with E-state index in [-0.39, 0.29) is 11.9 Å². The summed E-state index contributed by atoms with van der Waals surface area (Å²) in [7, 11) is 1.84. The summed E-state index contributed by atoms with van der Waals surface area (Å²) in [5.74, 6) is -0.254. The molecule has 0 aliphatic carbocycles. The first-order valence-corrected chi connectivity index (χ1v) is 7.62. The van der Waals surface area contributed by atoms with Crippen LogP contribution in [0.4, 0.5) is 4.39 Å². The Bertz CT molecular complexity index is 619. The Morgan fingerprint density at radius 3 is 2.65 bits per heavy atom. The Hall–Kier alpha value is -0.610. The van der Waals surface area contributed by atoms with Gasteiger partial charge in [-0.1, -0.05) is 39.1 Å². The van der Waals surface area contributed by atoms with Gasteiger partial charge in [0.1, 0.15) is 5.82 Å². The fraction of sp³-hybridized carbons (Fsp3) is 0.200. The third-order valence-corrected chi connectivity index (χ3v) is 4.47. The van der Waals surface area contributed by atoms with Gasteiger partial charge < -0.3 is 5.32 Å². The molecule has 1 unspecified atom stereocenters.